The minimum absolute atomic E-state index is 0.0364. The molecule has 0 atom stereocenters. The Balaban J connectivity index is 2.96. The van der Waals surface area contributed by atoms with E-state index in [1.54, 1.807) is 4.90 Å². The summed E-state index contributed by atoms with van der Waals surface area (Å²) in [5.41, 5.74) is 0.879. The lowest BCUT2D eigenvalue weighted by atomic mass is 9.94. The molecule has 0 radical (unpaired) electrons. The fourth-order valence-corrected chi connectivity index (χ4v) is 3.15. The lowest BCUT2D eigenvalue weighted by molar-refractivity contribution is -0.137. The van der Waals surface area contributed by atoms with E-state index in [1.807, 2.05) is 6.92 Å². The molecular formula is C14H22N2O4S. The molecule has 0 aliphatic heterocycles. The number of aryl methyl sites for hydroxylation is 1. The summed E-state index contributed by atoms with van der Waals surface area (Å²) in [6.07, 6.45) is -0.0772. The number of nitrogens with zero attached hydrogens (tertiary/aromatic N) is 2. The van der Waals surface area contributed by atoms with E-state index in [9.17, 15) is 9.59 Å². The van der Waals surface area contributed by atoms with Gasteiger partial charge in [0.05, 0.1) is 18.5 Å². The van der Waals surface area contributed by atoms with Gasteiger partial charge in [0.15, 0.2) is 5.13 Å². The SMILES string of the molecule is Cc1nc(N(CCC(=O)O)CCC(=O)O)sc1C(C)(C)C. The third-order valence-corrected chi connectivity index (χ3v) is 4.57. The highest BCUT2D eigenvalue weighted by atomic mass is 32.1. The Morgan fingerprint density at radius 2 is 1.62 bits per heavy atom. The number of carboxylic acids is 2. The zero-order chi connectivity index (χ0) is 16.2. The molecule has 0 aliphatic carbocycles. The van der Waals surface area contributed by atoms with Crippen molar-refractivity contribution in [2.24, 2.45) is 0 Å². The molecule has 0 amide bonds. The maximum absolute atomic E-state index is 10.7. The van der Waals surface area contributed by atoms with Crippen molar-refractivity contribution >= 4 is 28.4 Å². The molecule has 0 saturated carbocycles. The summed E-state index contributed by atoms with van der Waals surface area (Å²) in [7, 11) is 0. The van der Waals surface area contributed by atoms with Crippen LogP contribution in [0.3, 0.4) is 0 Å². The molecule has 1 heterocycles. The minimum Gasteiger partial charge on any atom is -0.481 e. The van der Waals surface area contributed by atoms with Gasteiger partial charge < -0.3 is 15.1 Å². The van der Waals surface area contributed by atoms with Gasteiger partial charge in [-0.3, -0.25) is 9.59 Å². The summed E-state index contributed by atoms with van der Waals surface area (Å²) in [5, 5.41) is 18.3. The second-order valence-electron chi connectivity index (χ2n) is 5.94. The van der Waals surface area contributed by atoms with Crippen LogP contribution < -0.4 is 4.90 Å². The summed E-state index contributed by atoms with van der Waals surface area (Å²) < 4.78 is 0. The molecule has 0 unspecified atom stereocenters. The number of carbonyl (C=O) groups is 2. The van der Waals surface area contributed by atoms with Crippen LogP contribution in [-0.4, -0.2) is 40.2 Å². The molecule has 0 fully saturated rings. The Morgan fingerprint density at radius 3 is 1.95 bits per heavy atom. The first-order valence-electron chi connectivity index (χ1n) is 6.77. The number of thiazole rings is 1. The predicted octanol–water partition coefficient (Wildman–Crippen LogP) is 2.50. The maximum atomic E-state index is 10.7. The van der Waals surface area contributed by atoms with Crippen LogP contribution >= 0.6 is 11.3 Å². The Hall–Kier alpha value is -1.63. The number of rotatable bonds is 7. The summed E-state index contributed by atoms with van der Waals surface area (Å²) in [6.45, 7) is 8.73. The van der Waals surface area contributed by atoms with Crippen LogP contribution in [0.1, 0.15) is 44.2 Å². The van der Waals surface area contributed by atoms with Crippen molar-refractivity contribution < 1.29 is 19.8 Å². The molecule has 7 heteroatoms. The topological polar surface area (TPSA) is 90.7 Å². The van der Waals surface area contributed by atoms with Gasteiger partial charge in [-0.15, -0.1) is 11.3 Å². The van der Waals surface area contributed by atoms with E-state index in [2.05, 4.69) is 25.8 Å². The molecule has 1 aromatic heterocycles. The lowest BCUT2D eigenvalue weighted by Crippen LogP contribution is -2.28. The molecule has 0 aromatic carbocycles. The van der Waals surface area contributed by atoms with Crippen molar-refractivity contribution in [3.8, 4) is 0 Å². The fraction of sp³-hybridized carbons (Fsp3) is 0.643. The number of aliphatic carboxylic acids is 2. The predicted molar refractivity (Wildman–Crippen MR) is 82.3 cm³/mol. The van der Waals surface area contributed by atoms with Gasteiger partial charge in [0.1, 0.15) is 0 Å². The zero-order valence-electron chi connectivity index (χ0n) is 12.8. The number of anilines is 1. The Morgan fingerprint density at radius 1 is 1.14 bits per heavy atom. The van der Waals surface area contributed by atoms with Gasteiger partial charge >= 0.3 is 11.9 Å². The average molecular weight is 314 g/mol. The highest BCUT2D eigenvalue weighted by molar-refractivity contribution is 7.15. The Kier molecular flexibility index (Phi) is 5.71. The normalized spacial score (nSPS) is 11.4. The van der Waals surface area contributed by atoms with Crippen LogP contribution in [-0.2, 0) is 15.0 Å². The number of hydrogen-bond acceptors (Lipinski definition) is 5. The van der Waals surface area contributed by atoms with Gasteiger partial charge in [0.2, 0.25) is 0 Å². The molecule has 1 rings (SSSR count). The molecule has 6 nitrogen and oxygen atoms in total. The van der Waals surface area contributed by atoms with Crippen LogP contribution in [0.25, 0.3) is 0 Å². The van der Waals surface area contributed by atoms with Gasteiger partial charge in [0, 0.05) is 18.0 Å². The summed E-state index contributed by atoms with van der Waals surface area (Å²) in [6, 6.07) is 0. The summed E-state index contributed by atoms with van der Waals surface area (Å²) in [4.78, 5) is 28.9. The van der Waals surface area contributed by atoms with Crippen LogP contribution in [0.15, 0.2) is 0 Å². The monoisotopic (exact) mass is 314 g/mol. The van der Waals surface area contributed by atoms with Gasteiger partial charge in [0.25, 0.3) is 0 Å². The molecule has 0 saturated heterocycles. The minimum atomic E-state index is -0.903. The lowest BCUT2D eigenvalue weighted by Gasteiger charge is -2.20. The van der Waals surface area contributed by atoms with Crippen LogP contribution in [0, 0.1) is 6.92 Å². The second-order valence-corrected chi connectivity index (χ2v) is 6.91. The molecule has 21 heavy (non-hydrogen) atoms. The molecule has 2 N–H and O–H groups in total. The highest BCUT2D eigenvalue weighted by Gasteiger charge is 2.23. The van der Waals surface area contributed by atoms with Gasteiger partial charge in [-0.2, -0.15) is 0 Å². The first-order valence-corrected chi connectivity index (χ1v) is 7.59. The molecule has 0 spiro atoms. The van der Waals surface area contributed by atoms with Crippen LogP contribution in [0.5, 0.6) is 0 Å². The molecule has 0 aliphatic rings. The van der Waals surface area contributed by atoms with E-state index in [4.69, 9.17) is 10.2 Å². The van der Waals surface area contributed by atoms with Crippen molar-refractivity contribution in [3.63, 3.8) is 0 Å². The third kappa shape index (κ3) is 5.34. The van der Waals surface area contributed by atoms with Crippen molar-refractivity contribution in [1.29, 1.82) is 0 Å². The summed E-state index contributed by atoms with van der Waals surface area (Å²) >= 11 is 1.51. The van der Waals surface area contributed by atoms with E-state index in [-0.39, 0.29) is 31.3 Å². The Bertz CT molecular complexity index is 502. The number of hydrogen-bond donors (Lipinski definition) is 2. The smallest absolute Gasteiger partial charge is 0.305 e. The quantitative estimate of drug-likeness (QED) is 0.803. The van der Waals surface area contributed by atoms with Crippen molar-refractivity contribution in [3.05, 3.63) is 10.6 Å². The molecular weight excluding hydrogens is 292 g/mol. The van der Waals surface area contributed by atoms with Crippen molar-refractivity contribution in [1.82, 2.24) is 4.98 Å². The van der Waals surface area contributed by atoms with Crippen molar-refractivity contribution in [2.75, 3.05) is 18.0 Å². The second kappa shape index (κ2) is 6.89. The number of carboxylic acid groups (broad SMARTS) is 2. The maximum Gasteiger partial charge on any atom is 0.305 e. The van der Waals surface area contributed by atoms with E-state index < -0.39 is 11.9 Å². The van der Waals surface area contributed by atoms with Crippen LogP contribution in [0.2, 0.25) is 0 Å². The summed E-state index contributed by atoms with van der Waals surface area (Å²) in [5.74, 6) is -1.81. The number of aromatic nitrogens is 1. The average Bonchev–Trinajstić information content (AvgIpc) is 2.70. The van der Waals surface area contributed by atoms with E-state index in [1.165, 1.54) is 11.3 Å². The van der Waals surface area contributed by atoms with E-state index in [0.29, 0.717) is 5.13 Å². The highest BCUT2D eigenvalue weighted by Crippen LogP contribution is 2.35. The van der Waals surface area contributed by atoms with Crippen LogP contribution in [0.4, 0.5) is 5.13 Å². The van der Waals surface area contributed by atoms with E-state index in [0.717, 1.165) is 10.6 Å². The van der Waals surface area contributed by atoms with Crippen molar-refractivity contribution in [2.45, 2.75) is 46.0 Å². The fourth-order valence-electron chi connectivity index (χ4n) is 1.98. The molecule has 0 bridgehead atoms. The van der Waals surface area contributed by atoms with Gasteiger partial charge in [-0.1, -0.05) is 20.8 Å². The zero-order valence-corrected chi connectivity index (χ0v) is 13.7. The van der Waals surface area contributed by atoms with Gasteiger partial charge in [-0.25, -0.2) is 4.98 Å². The molecule has 1 aromatic rings. The molecule has 118 valence electrons. The largest absolute Gasteiger partial charge is 0.481 e. The van der Waals surface area contributed by atoms with E-state index >= 15 is 0 Å². The Labute approximate surface area is 128 Å². The first-order chi connectivity index (χ1) is 9.61. The first kappa shape index (κ1) is 17.4. The van der Waals surface area contributed by atoms with Gasteiger partial charge in [-0.05, 0) is 12.3 Å². The standard InChI is InChI=1S/C14H22N2O4S/c1-9-12(14(2,3)4)21-13(15-9)16(7-5-10(17)18)8-6-11(19)20/h5-8H2,1-4H3,(H,17,18)(H,19,20). The third-order valence-electron chi connectivity index (χ3n) is 2.93.